The minimum absolute atomic E-state index is 0.0176. The minimum atomic E-state index is -0.811. The maximum absolute atomic E-state index is 13.1. The number of carbonyl (C=O) groups is 1. The fourth-order valence-electron chi connectivity index (χ4n) is 4.79. The van der Waals surface area contributed by atoms with Crippen LogP contribution in [0.15, 0.2) is 48.5 Å². The third-order valence-corrected chi connectivity index (χ3v) is 6.63. The third kappa shape index (κ3) is 4.55. The molecule has 6 heteroatoms. The lowest BCUT2D eigenvalue weighted by Gasteiger charge is -2.29. The summed E-state index contributed by atoms with van der Waals surface area (Å²) < 4.78 is 11.3. The smallest absolute Gasteiger partial charge is 0.224 e. The first-order chi connectivity index (χ1) is 15.2. The third-order valence-electron chi connectivity index (χ3n) is 6.63. The van der Waals surface area contributed by atoms with Crippen molar-refractivity contribution >= 4 is 5.91 Å². The van der Waals surface area contributed by atoms with E-state index in [0.29, 0.717) is 31.3 Å². The Bertz CT molecular complexity index is 913. The number of amides is 1. The van der Waals surface area contributed by atoms with Crippen molar-refractivity contribution in [1.82, 2.24) is 10.2 Å². The Hall–Kier alpha value is -2.57. The number of fused-ring (bicyclic) bond motifs is 1. The quantitative estimate of drug-likeness (QED) is 0.718. The van der Waals surface area contributed by atoms with E-state index in [1.54, 1.807) is 0 Å². The number of likely N-dealkylation sites (tertiary alicyclic amines) is 1. The molecule has 4 atom stereocenters. The van der Waals surface area contributed by atoms with Crippen LogP contribution >= 0.6 is 0 Å². The number of benzene rings is 2. The van der Waals surface area contributed by atoms with Crippen molar-refractivity contribution in [1.29, 1.82) is 0 Å². The molecule has 2 aromatic carbocycles. The van der Waals surface area contributed by atoms with Crippen LogP contribution < -0.4 is 14.8 Å². The fraction of sp³-hybridized carbons (Fsp3) is 0.480. The van der Waals surface area contributed by atoms with Crippen molar-refractivity contribution < 1.29 is 19.4 Å². The molecular formula is C25H30N2O4. The van der Waals surface area contributed by atoms with Crippen LogP contribution in [0.4, 0.5) is 0 Å². The Balaban J connectivity index is 1.30. The Morgan fingerprint density at radius 3 is 2.58 bits per heavy atom. The number of hydrogen-bond acceptors (Lipinski definition) is 5. The zero-order chi connectivity index (χ0) is 21.2. The van der Waals surface area contributed by atoms with Crippen molar-refractivity contribution in [3.63, 3.8) is 0 Å². The first-order valence-electron chi connectivity index (χ1n) is 11.3. The zero-order valence-electron chi connectivity index (χ0n) is 17.7. The molecule has 0 bridgehead atoms. The number of rotatable bonds is 7. The highest BCUT2D eigenvalue weighted by Gasteiger charge is 2.45. The van der Waals surface area contributed by atoms with Gasteiger partial charge in [0.2, 0.25) is 5.91 Å². The lowest BCUT2D eigenvalue weighted by Crippen LogP contribution is -2.47. The van der Waals surface area contributed by atoms with Crippen molar-refractivity contribution in [2.45, 2.75) is 37.3 Å². The van der Waals surface area contributed by atoms with Crippen LogP contribution in [-0.4, -0.2) is 54.8 Å². The lowest BCUT2D eigenvalue weighted by molar-refractivity contribution is -0.124. The molecule has 6 nitrogen and oxygen atoms in total. The van der Waals surface area contributed by atoms with E-state index in [2.05, 4.69) is 22.3 Å². The SMILES string of the molecule is O=C(NC(CN1CCCC1)[C@H](O)c1ccc2c(c1)OCCO2)C1C[C@H]1c1ccccc1. The van der Waals surface area contributed by atoms with E-state index in [0.717, 1.165) is 25.1 Å². The average Bonchev–Trinajstić information content (AvgIpc) is 3.46. The topological polar surface area (TPSA) is 71.0 Å². The van der Waals surface area contributed by atoms with Gasteiger partial charge in [0.25, 0.3) is 0 Å². The number of ether oxygens (including phenoxy) is 2. The molecule has 2 heterocycles. The lowest BCUT2D eigenvalue weighted by atomic mass is 10.0. The number of aliphatic hydroxyl groups excluding tert-OH is 1. The van der Waals surface area contributed by atoms with E-state index in [-0.39, 0.29) is 23.8 Å². The van der Waals surface area contributed by atoms with Crippen LogP contribution in [0.2, 0.25) is 0 Å². The monoisotopic (exact) mass is 422 g/mol. The van der Waals surface area contributed by atoms with Gasteiger partial charge in [-0.25, -0.2) is 0 Å². The second kappa shape index (κ2) is 8.89. The molecule has 0 radical (unpaired) electrons. The standard InChI is InChI=1S/C25H30N2O4/c28-24(18-8-9-22-23(14-18)31-13-12-30-22)21(16-27-10-4-5-11-27)26-25(29)20-15-19(20)17-6-2-1-3-7-17/h1-3,6-9,14,19-21,24,28H,4-5,10-13,15-16H2,(H,26,29)/t19-,20?,21?,24+/m0/s1. The summed E-state index contributed by atoms with van der Waals surface area (Å²) in [6.45, 7) is 3.70. The molecule has 1 amide bonds. The molecule has 1 saturated heterocycles. The van der Waals surface area contributed by atoms with Gasteiger partial charge in [-0.15, -0.1) is 0 Å². The summed E-state index contributed by atoms with van der Waals surface area (Å²) in [5, 5.41) is 14.4. The van der Waals surface area contributed by atoms with Crippen LogP contribution in [0.3, 0.4) is 0 Å². The van der Waals surface area contributed by atoms with Gasteiger partial charge in [0.15, 0.2) is 11.5 Å². The second-order valence-corrected chi connectivity index (χ2v) is 8.83. The van der Waals surface area contributed by atoms with Gasteiger partial charge in [-0.3, -0.25) is 4.79 Å². The molecule has 1 aliphatic carbocycles. The number of nitrogens with zero attached hydrogens (tertiary/aromatic N) is 1. The van der Waals surface area contributed by atoms with Gasteiger partial charge < -0.3 is 24.8 Å². The van der Waals surface area contributed by atoms with Gasteiger partial charge in [0.1, 0.15) is 19.3 Å². The Morgan fingerprint density at radius 1 is 1.06 bits per heavy atom. The van der Waals surface area contributed by atoms with E-state index in [1.807, 2.05) is 36.4 Å². The Morgan fingerprint density at radius 2 is 1.81 bits per heavy atom. The van der Waals surface area contributed by atoms with Gasteiger partial charge in [0, 0.05) is 12.5 Å². The van der Waals surface area contributed by atoms with Gasteiger partial charge in [0.05, 0.1) is 6.04 Å². The molecule has 0 aromatic heterocycles. The normalized spacial score (nSPS) is 24.4. The van der Waals surface area contributed by atoms with E-state index < -0.39 is 6.10 Å². The first kappa shape index (κ1) is 20.3. The predicted molar refractivity (Wildman–Crippen MR) is 117 cm³/mol. The highest BCUT2D eigenvalue weighted by atomic mass is 16.6. The molecule has 2 aliphatic heterocycles. The van der Waals surface area contributed by atoms with Crippen LogP contribution in [0, 0.1) is 5.92 Å². The summed E-state index contributed by atoms with van der Waals surface area (Å²) in [6.07, 6.45) is 2.39. The Labute approximate surface area is 183 Å². The summed E-state index contributed by atoms with van der Waals surface area (Å²) in [7, 11) is 0. The molecule has 1 saturated carbocycles. The van der Waals surface area contributed by atoms with Crippen LogP contribution in [-0.2, 0) is 4.79 Å². The van der Waals surface area contributed by atoms with Crippen LogP contribution in [0.25, 0.3) is 0 Å². The van der Waals surface area contributed by atoms with E-state index in [1.165, 1.54) is 18.4 Å². The van der Waals surface area contributed by atoms with Crippen LogP contribution in [0.1, 0.15) is 42.4 Å². The van der Waals surface area contributed by atoms with Crippen LogP contribution in [0.5, 0.6) is 11.5 Å². The highest BCUT2D eigenvalue weighted by Crippen LogP contribution is 2.47. The zero-order valence-corrected chi connectivity index (χ0v) is 17.7. The first-order valence-corrected chi connectivity index (χ1v) is 11.3. The molecular weight excluding hydrogens is 392 g/mol. The molecule has 2 fully saturated rings. The number of hydrogen-bond donors (Lipinski definition) is 2. The maximum atomic E-state index is 13.1. The summed E-state index contributed by atoms with van der Waals surface area (Å²) in [6, 6.07) is 15.4. The molecule has 2 N–H and O–H groups in total. The molecule has 31 heavy (non-hydrogen) atoms. The number of nitrogens with one attached hydrogen (secondary N) is 1. The van der Waals surface area contributed by atoms with Crippen molar-refractivity contribution in [3.8, 4) is 11.5 Å². The van der Waals surface area contributed by atoms with Gasteiger partial charge in [-0.05, 0) is 61.5 Å². The Kier molecular flexibility index (Phi) is 5.83. The van der Waals surface area contributed by atoms with E-state index in [4.69, 9.17) is 9.47 Å². The second-order valence-electron chi connectivity index (χ2n) is 8.83. The van der Waals surface area contributed by atoms with E-state index in [9.17, 15) is 9.90 Å². The van der Waals surface area contributed by atoms with Crippen molar-refractivity contribution in [2.75, 3.05) is 32.8 Å². The van der Waals surface area contributed by atoms with E-state index >= 15 is 0 Å². The predicted octanol–water partition coefficient (Wildman–Crippen LogP) is 2.88. The maximum Gasteiger partial charge on any atom is 0.224 e. The van der Waals surface area contributed by atoms with Crippen molar-refractivity contribution in [2.24, 2.45) is 5.92 Å². The summed E-state index contributed by atoms with van der Waals surface area (Å²) in [5.41, 5.74) is 1.95. The molecule has 2 aromatic rings. The van der Waals surface area contributed by atoms with Gasteiger partial charge in [-0.1, -0.05) is 36.4 Å². The molecule has 3 aliphatic rings. The summed E-state index contributed by atoms with van der Waals surface area (Å²) >= 11 is 0. The average molecular weight is 423 g/mol. The highest BCUT2D eigenvalue weighted by molar-refractivity contribution is 5.83. The molecule has 5 rings (SSSR count). The minimum Gasteiger partial charge on any atom is -0.486 e. The van der Waals surface area contributed by atoms with Gasteiger partial charge in [-0.2, -0.15) is 0 Å². The fourth-order valence-corrected chi connectivity index (χ4v) is 4.79. The largest absolute Gasteiger partial charge is 0.486 e. The number of carbonyl (C=O) groups excluding carboxylic acids is 1. The van der Waals surface area contributed by atoms with Crippen molar-refractivity contribution in [3.05, 3.63) is 59.7 Å². The molecule has 164 valence electrons. The summed E-state index contributed by atoms with van der Waals surface area (Å²) in [4.78, 5) is 15.4. The molecule has 2 unspecified atom stereocenters. The molecule has 0 spiro atoms. The summed E-state index contributed by atoms with van der Waals surface area (Å²) in [5.74, 6) is 1.65. The van der Waals surface area contributed by atoms with Gasteiger partial charge >= 0.3 is 0 Å². The number of aliphatic hydroxyl groups is 1.